The van der Waals surface area contributed by atoms with Gasteiger partial charge in [0.05, 0.1) is 32.5 Å². The molecule has 16 N–H and O–H groups in total. The van der Waals surface area contributed by atoms with Crippen LogP contribution < -0.4 is 16.0 Å². The summed E-state index contributed by atoms with van der Waals surface area (Å²) in [6.07, 6.45) is -41.1. The summed E-state index contributed by atoms with van der Waals surface area (Å²) in [6, 6.07) is -5.02. The Labute approximate surface area is 386 Å². The van der Waals surface area contributed by atoms with E-state index >= 15 is 0 Å². The molecule has 5 rings (SSSR count). The molecule has 0 aromatic carbocycles. The molecule has 0 unspecified atom stereocenters. The number of carbonyl (C=O) groups excluding carboxylic acids is 3. The minimum atomic E-state index is -5.37. The Balaban J connectivity index is 1.48. The second-order valence-electron chi connectivity index (χ2n) is 16.7. The predicted molar refractivity (Wildman–Crippen MR) is 210 cm³/mol. The van der Waals surface area contributed by atoms with E-state index in [4.69, 9.17) is 42.6 Å². The number of nitrogens with one attached hydrogen (secondary N) is 3. The van der Waals surface area contributed by atoms with Gasteiger partial charge in [-0.25, -0.2) is 4.18 Å². The molecular formula is C36H61N3O28S. The van der Waals surface area contributed by atoms with Crippen LogP contribution in [0, 0.1) is 0 Å². The van der Waals surface area contributed by atoms with E-state index < -0.39 is 208 Å². The number of ether oxygens (including phenoxy) is 9. The Morgan fingerprint density at radius 2 is 0.971 bits per heavy atom. The maximum absolute atomic E-state index is 12.9. The molecule has 25 atom stereocenters. The van der Waals surface area contributed by atoms with Crippen LogP contribution in [0.25, 0.3) is 0 Å². The third-order valence-electron chi connectivity index (χ3n) is 11.7. The number of hydrogen-bond acceptors (Lipinski definition) is 27. The summed E-state index contributed by atoms with van der Waals surface area (Å²) >= 11 is 0. The van der Waals surface area contributed by atoms with Gasteiger partial charge >= 0.3 is 10.4 Å². The number of amides is 3. The van der Waals surface area contributed by atoms with Gasteiger partial charge in [0.1, 0.15) is 116 Å². The van der Waals surface area contributed by atoms with Crippen molar-refractivity contribution in [3.05, 3.63) is 0 Å². The van der Waals surface area contributed by atoms with Gasteiger partial charge in [-0.05, 0) is 6.92 Å². The van der Waals surface area contributed by atoms with E-state index in [9.17, 15) is 88.6 Å². The topological polar surface area (TPSA) is 477 Å². The largest absolute Gasteiger partial charge is 0.397 e. The van der Waals surface area contributed by atoms with Crippen LogP contribution in [-0.2, 0) is 71.6 Å². The lowest BCUT2D eigenvalue weighted by Gasteiger charge is -2.51. The molecule has 68 heavy (non-hydrogen) atoms. The van der Waals surface area contributed by atoms with Crippen LogP contribution >= 0.6 is 0 Å². The molecule has 0 radical (unpaired) electrons. The van der Waals surface area contributed by atoms with Crippen LogP contribution in [0.5, 0.6) is 0 Å². The van der Waals surface area contributed by atoms with E-state index in [1.807, 2.05) is 0 Å². The van der Waals surface area contributed by atoms with E-state index in [1.54, 1.807) is 0 Å². The molecule has 32 heteroatoms. The van der Waals surface area contributed by atoms with Crippen molar-refractivity contribution in [3.8, 4) is 0 Å². The molecule has 5 aliphatic rings. The average molecular weight is 1020 g/mol. The summed E-state index contributed by atoms with van der Waals surface area (Å²) in [7, 11) is -5.37. The van der Waals surface area contributed by atoms with E-state index in [2.05, 4.69) is 20.1 Å². The van der Waals surface area contributed by atoms with E-state index in [0.717, 1.165) is 20.8 Å². The van der Waals surface area contributed by atoms with Crippen LogP contribution in [0.1, 0.15) is 27.7 Å². The maximum atomic E-state index is 12.9. The molecule has 0 aromatic rings. The van der Waals surface area contributed by atoms with Crippen LogP contribution in [-0.4, -0.2) is 272 Å². The van der Waals surface area contributed by atoms with Crippen molar-refractivity contribution in [1.29, 1.82) is 0 Å². The molecule has 0 aromatic heterocycles. The molecular weight excluding hydrogens is 954 g/mol. The second-order valence-corrected chi connectivity index (χ2v) is 17.7. The molecule has 5 fully saturated rings. The lowest BCUT2D eigenvalue weighted by molar-refractivity contribution is -0.369. The Morgan fingerprint density at radius 3 is 1.54 bits per heavy atom. The smallest absolute Gasteiger partial charge is 0.394 e. The molecule has 5 saturated heterocycles. The van der Waals surface area contributed by atoms with Crippen LogP contribution in [0.3, 0.4) is 0 Å². The van der Waals surface area contributed by atoms with Gasteiger partial charge in [0.25, 0.3) is 0 Å². The van der Waals surface area contributed by atoms with Crippen LogP contribution in [0.2, 0.25) is 0 Å². The summed E-state index contributed by atoms with van der Waals surface area (Å²) in [6.45, 7) is 0.558. The molecule has 3 amide bonds. The Bertz CT molecular complexity index is 1790. The highest BCUT2D eigenvalue weighted by molar-refractivity contribution is 7.80. The highest BCUT2D eigenvalue weighted by Gasteiger charge is 2.57. The summed E-state index contributed by atoms with van der Waals surface area (Å²) in [5.41, 5.74) is 0. The molecule has 394 valence electrons. The van der Waals surface area contributed by atoms with E-state index in [-0.39, 0.29) is 0 Å². The SMILES string of the molecule is CC(=O)N[C@@H]1[C@@H](O[C@@H]2O[C@H](CO)[C@H](O)[C@H](OS(=O)(=O)O)[C@H]2O)[C@@H](O)[C@H](CO[C@@H]2O[C@H](CO)[C@@H](O[C@@H]3O[C@H](CO)[C@H](O)[C@H](O)[C@H]3NC(C)=O)[C@H](O[C@@H]3O[C@@H](C)[C@@H](O)[C@@H](O)[C@@H]3O)[C@H]2NC(C)=O)O[C@@H]1O. The zero-order valence-corrected chi connectivity index (χ0v) is 37.4. The minimum absolute atomic E-state index is 0.753. The predicted octanol–water partition coefficient (Wildman–Crippen LogP) is -10.6. The number of hydrogen-bond donors (Lipinski definition) is 16. The second kappa shape index (κ2) is 23.8. The highest BCUT2D eigenvalue weighted by Crippen LogP contribution is 2.36. The van der Waals surface area contributed by atoms with Crippen LogP contribution in [0.4, 0.5) is 0 Å². The lowest BCUT2D eigenvalue weighted by Crippen LogP contribution is -2.71. The number of carbonyl (C=O) groups is 3. The Morgan fingerprint density at radius 1 is 0.485 bits per heavy atom. The molecule has 5 aliphatic heterocycles. The van der Waals surface area contributed by atoms with Crippen molar-refractivity contribution in [2.45, 2.75) is 181 Å². The van der Waals surface area contributed by atoms with Crippen molar-refractivity contribution >= 4 is 28.1 Å². The third-order valence-corrected chi connectivity index (χ3v) is 12.1. The van der Waals surface area contributed by atoms with Gasteiger partial charge in [-0.2, -0.15) is 8.42 Å². The summed E-state index contributed by atoms with van der Waals surface area (Å²) < 4.78 is 89.3. The fraction of sp³-hybridized carbons (Fsp3) is 0.917. The highest BCUT2D eigenvalue weighted by atomic mass is 32.3. The number of aliphatic hydroxyl groups is 12. The van der Waals surface area contributed by atoms with Gasteiger partial charge in [-0.3, -0.25) is 18.9 Å². The van der Waals surface area contributed by atoms with Gasteiger partial charge in [-0.15, -0.1) is 0 Å². The molecule has 0 bridgehead atoms. The first-order valence-corrected chi connectivity index (χ1v) is 22.5. The van der Waals surface area contributed by atoms with Gasteiger partial charge in [-0.1, -0.05) is 0 Å². The quantitative estimate of drug-likeness (QED) is 0.0602. The van der Waals surface area contributed by atoms with E-state index in [1.165, 1.54) is 6.92 Å². The first kappa shape index (κ1) is 56.4. The van der Waals surface area contributed by atoms with Crippen molar-refractivity contribution in [2.75, 3.05) is 26.4 Å². The molecule has 0 aliphatic carbocycles. The van der Waals surface area contributed by atoms with Gasteiger partial charge < -0.3 is 120 Å². The average Bonchev–Trinajstić information content (AvgIpc) is 3.26. The normalized spacial score (nSPS) is 45.8. The molecule has 31 nitrogen and oxygen atoms in total. The number of rotatable bonds is 17. The zero-order valence-electron chi connectivity index (χ0n) is 36.6. The van der Waals surface area contributed by atoms with Crippen molar-refractivity contribution < 1.29 is 135 Å². The first-order valence-electron chi connectivity index (χ1n) is 21.1. The van der Waals surface area contributed by atoms with Crippen molar-refractivity contribution in [2.24, 2.45) is 0 Å². The first-order chi connectivity index (χ1) is 31.8. The van der Waals surface area contributed by atoms with Crippen molar-refractivity contribution in [1.82, 2.24) is 16.0 Å². The monoisotopic (exact) mass is 1020 g/mol. The third kappa shape index (κ3) is 13.1. The number of aliphatic hydroxyl groups excluding tert-OH is 12. The van der Waals surface area contributed by atoms with E-state index in [0.29, 0.717) is 0 Å². The minimum Gasteiger partial charge on any atom is -0.394 e. The Hall–Kier alpha value is -2.56. The summed E-state index contributed by atoms with van der Waals surface area (Å²) in [5.74, 6) is -2.41. The van der Waals surface area contributed by atoms with Crippen LogP contribution in [0.15, 0.2) is 0 Å². The van der Waals surface area contributed by atoms with Gasteiger partial charge in [0.15, 0.2) is 31.5 Å². The Kier molecular flexibility index (Phi) is 19.7. The molecule has 0 saturated carbocycles. The van der Waals surface area contributed by atoms with Gasteiger partial charge in [0, 0.05) is 20.8 Å². The standard InChI is InChI=1S/C36H61N3O28S/c1-9-20(46)25(51)26(52)35(59-9)66-30-19(39-12(4)45)33(63-15(7-42)28(30)64-34-17(37-10(2)43)24(50)21(47)13(5-40)61-34)58-8-16-23(49)29(18(32(54)60-16)38-11(3)44)65-36-27(53)31(67-68(55,56)57)22(48)14(6-41)62-36/h9,13-36,40-42,46-54H,5-8H2,1-4H3,(H,37,43)(H,38,44)(H,39,45)(H,55,56,57)/t9-,13+,14+,15+,16-,17+,18+,19+,20+,21-,22-,23-,24+,25+,26-,27+,28+,29+,30+,31-,32-,33+,34-,35-,36-/m0/s1. The lowest BCUT2D eigenvalue weighted by atomic mass is 9.93. The summed E-state index contributed by atoms with van der Waals surface area (Å²) in [5, 5.41) is 136. The van der Waals surface area contributed by atoms with Gasteiger partial charge in [0.2, 0.25) is 17.7 Å². The maximum Gasteiger partial charge on any atom is 0.397 e. The summed E-state index contributed by atoms with van der Waals surface area (Å²) in [4.78, 5) is 37.4. The fourth-order valence-electron chi connectivity index (χ4n) is 8.31. The fourth-order valence-corrected chi connectivity index (χ4v) is 8.82. The zero-order chi connectivity index (χ0) is 50.7. The molecule has 5 heterocycles. The van der Waals surface area contributed by atoms with Crippen molar-refractivity contribution in [3.63, 3.8) is 0 Å². The molecule has 0 spiro atoms.